The van der Waals surface area contributed by atoms with Crippen LogP contribution in [0.4, 0.5) is 22.7 Å². The van der Waals surface area contributed by atoms with Gasteiger partial charge in [-0.05, 0) is 85.6 Å². The van der Waals surface area contributed by atoms with Crippen LogP contribution in [0.1, 0.15) is 44.7 Å². The topological polar surface area (TPSA) is 116 Å². The third-order valence-corrected chi connectivity index (χ3v) is 6.21. The quantitative estimate of drug-likeness (QED) is 0.206. The van der Waals surface area contributed by atoms with Crippen molar-refractivity contribution in [2.24, 2.45) is 0 Å². The summed E-state index contributed by atoms with van der Waals surface area (Å²) in [5.74, 6) is -1.02. The monoisotopic (exact) mass is 534 g/mol. The zero-order valence-electron chi connectivity index (χ0n) is 22.3. The molecule has 8 heteroatoms. The molecule has 0 aliphatic heterocycles. The molecule has 0 fully saturated rings. The minimum atomic E-state index is -0.305. The molecule has 0 aliphatic rings. The van der Waals surface area contributed by atoms with Crippen LogP contribution < -0.4 is 21.3 Å². The predicted octanol–water partition coefficient (Wildman–Crippen LogP) is 6.17. The van der Waals surface area contributed by atoms with Crippen LogP contribution in [0.25, 0.3) is 0 Å². The molecule has 0 aromatic heterocycles. The molecule has 0 unspecified atom stereocenters. The summed E-state index contributed by atoms with van der Waals surface area (Å²) in [7, 11) is 0. The second kappa shape index (κ2) is 13.0. The van der Waals surface area contributed by atoms with Crippen LogP contribution in [0.3, 0.4) is 0 Å². The van der Waals surface area contributed by atoms with E-state index in [0.29, 0.717) is 33.9 Å². The third kappa shape index (κ3) is 7.64. The van der Waals surface area contributed by atoms with E-state index in [2.05, 4.69) is 21.3 Å². The van der Waals surface area contributed by atoms with E-state index in [1.165, 1.54) is 0 Å². The average molecular weight is 535 g/mol. The first kappa shape index (κ1) is 27.8. The predicted molar refractivity (Wildman–Crippen MR) is 158 cm³/mol. The second-order valence-corrected chi connectivity index (χ2v) is 9.29. The molecule has 202 valence electrons. The van der Waals surface area contributed by atoms with Crippen LogP contribution in [-0.4, -0.2) is 23.6 Å². The standard InChI is InChI=1S/C32H30N4O4/c1-21-7-3-5-9-27(21)31(39)35-25-15-11-23(12-16-25)33-29(37)19-20-30(38)34-24-13-17-26(18-14-24)36-32(40)28-10-6-4-8-22(28)2/h3-18H,19-20H2,1-2H3,(H,33,37)(H,34,38)(H,35,39)(H,36,40). The normalized spacial score (nSPS) is 10.3. The van der Waals surface area contributed by atoms with Crippen molar-refractivity contribution in [1.82, 2.24) is 0 Å². The van der Waals surface area contributed by atoms with Gasteiger partial charge in [0.05, 0.1) is 0 Å². The number of nitrogens with one attached hydrogen (secondary N) is 4. The van der Waals surface area contributed by atoms with E-state index in [9.17, 15) is 19.2 Å². The number of aryl methyl sites for hydroxylation is 2. The number of carbonyl (C=O) groups is 4. The Balaban J connectivity index is 1.20. The van der Waals surface area contributed by atoms with Gasteiger partial charge in [0, 0.05) is 46.7 Å². The van der Waals surface area contributed by atoms with E-state index in [0.717, 1.165) is 11.1 Å². The van der Waals surface area contributed by atoms with Gasteiger partial charge in [-0.1, -0.05) is 36.4 Å². The number of anilines is 4. The van der Waals surface area contributed by atoms with Crippen LogP contribution in [-0.2, 0) is 9.59 Å². The molecule has 4 N–H and O–H groups in total. The maximum atomic E-state index is 12.5. The van der Waals surface area contributed by atoms with Crippen molar-refractivity contribution in [1.29, 1.82) is 0 Å². The summed E-state index contributed by atoms with van der Waals surface area (Å²) in [6, 6.07) is 28.2. The maximum Gasteiger partial charge on any atom is 0.255 e. The summed E-state index contributed by atoms with van der Waals surface area (Å²) in [6.45, 7) is 3.75. The SMILES string of the molecule is Cc1ccccc1C(=O)Nc1ccc(NC(=O)CCC(=O)Nc2ccc(NC(=O)c3ccccc3C)cc2)cc1. The van der Waals surface area contributed by atoms with E-state index in [4.69, 9.17) is 0 Å². The molecule has 40 heavy (non-hydrogen) atoms. The van der Waals surface area contributed by atoms with Gasteiger partial charge in [-0.2, -0.15) is 0 Å². The van der Waals surface area contributed by atoms with E-state index >= 15 is 0 Å². The molecule has 4 aromatic carbocycles. The Morgan fingerprint density at radius 3 is 1.07 bits per heavy atom. The van der Waals surface area contributed by atoms with Crippen molar-refractivity contribution in [3.8, 4) is 0 Å². The number of hydrogen-bond donors (Lipinski definition) is 4. The first-order valence-electron chi connectivity index (χ1n) is 12.8. The van der Waals surface area contributed by atoms with Crippen LogP contribution in [0, 0.1) is 13.8 Å². The Hall–Kier alpha value is -5.24. The molecular formula is C32H30N4O4. The van der Waals surface area contributed by atoms with E-state index < -0.39 is 0 Å². The number of hydrogen-bond acceptors (Lipinski definition) is 4. The lowest BCUT2D eigenvalue weighted by Gasteiger charge is -2.10. The van der Waals surface area contributed by atoms with Gasteiger partial charge in [-0.25, -0.2) is 0 Å². The molecule has 4 rings (SSSR count). The fourth-order valence-corrected chi connectivity index (χ4v) is 4.00. The van der Waals surface area contributed by atoms with Crippen LogP contribution in [0.15, 0.2) is 97.1 Å². The highest BCUT2D eigenvalue weighted by Crippen LogP contribution is 2.18. The van der Waals surface area contributed by atoms with E-state index in [1.807, 2.05) is 50.2 Å². The Bertz CT molecular complexity index is 1410. The molecule has 0 atom stereocenters. The minimum absolute atomic E-state index is 0.00216. The highest BCUT2D eigenvalue weighted by atomic mass is 16.2. The molecule has 0 saturated carbocycles. The van der Waals surface area contributed by atoms with Gasteiger partial charge in [-0.3, -0.25) is 19.2 Å². The fourth-order valence-electron chi connectivity index (χ4n) is 4.00. The zero-order valence-corrected chi connectivity index (χ0v) is 22.3. The highest BCUT2D eigenvalue weighted by molar-refractivity contribution is 6.06. The third-order valence-electron chi connectivity index (χ3n) is 6.21. The average Bonchev–Trinajstić information content (AvgIpc) is 2.94. The summed E-state index contributed by atoms with van der Waals surface area (Å²) >= 11 is 0. The molecule has 4 amide bonds. The molecule has 0 heterocycles. The number of rotatable bonds is 9. The Morgan fingerprint density at radius 1 is 0.450 bits per heavy atom. The Kier molecular flexibility index (Phi) is 9.04. The van der Waals surface area contributed by atoms with Gasteiger partial charge in [0.2, 0.25) is 11.8 Å². The van der Waals surface area contributed by atoms with Crippen molar-refractivity contribution in [2.75, 3.05) is 21.3 Å². The van der Waals surface area contributed by atoms with Crippen LogP contribution in [0.5, 0.6) is 0 Å². The van der Waals surface area contributed by atoms with Crippen LogP contribution >= 0.6 is 0 Å². The van der Waals surface area contributed by atoms with E-state index in [1.54, 1.807) is 60.7 Å². The Labute approximate surface area is 232 Å². The van der Waals surface area contributed by atoms with Gasteiger partial charge in [0.25, 0.3) is 11.8 Å². The van der Waals surface area contributed by atoms with Crippen molar-refractivity contribution in [3.63, 3.8) is 0 Å². The molecule has 0 spiro atoms. The lowest BCUT2D eigenvalue weighted by atomic mass is 10.1. The lowest BCUT2D eigenvalue weighted by Crippen LogP contribution is -2.17. The summed E-state index contributed by atoms with van der Waals surface area (Å²) in [4.78, 5) is 49.6. The van der Waals surface area contributed by atoms with Crippen molar-refractivity contribution < 1.29 is 19.2 Å². The number of carbonyl (C=O) groups excluding carboxylic acids is 4. The fraction of sp³-hybridized carbons (Fsp3) is 0.125. The van der Waals surface area contributed by atoms with Gasteiger partial charge in [0.1, 0.15) is 0 Å². The summed E-state index contributed by atoms with van der Waals surface area (Å²) in [5, 5.41) is 11.2. The van der Waals surface area contributed by atoms with Gasteiger partial charge >= 0.3 is 0 Å². The summed E-state index contributed by atoms with van der Waals surface area (Å²) in [6.07, 6.45) is 0.00431. The number of amides is 4. The molecular weight excluding hydrogens is 504 g/mol. The second-order valence-electron chi connectivity index (χ2n) is 9.29. The molecule has 0 saturated heterocycles. The summed E-state index contributed by atoms with van der Waals surface area (Å²) in [5.41, 5.74) is 5.28. The van der Waals surface area contributed by atoms with Crippen LogP contribution in [0.2, 0.25) is 0 Å². The highest BCUT2D eigenvalue weighted by Gasteiger charge is 2.11. The first-order valence-corrected chi connectivity index (χ1v) is 12.8. The van der Waals surface area contributed by atoms with Crippen molar-refractivity contribution in [3.05, 3.63) is 119 Å². The van der Waals surface area contributed by atoms with Gasteiger partial charge in [-0.15, -0.1) is 0 Å². The minimum Gasteiger partial charge on any atom is -0.326 e. The molecule has 0 bridgehead atoms. The van der Waals surface area contributed by atoms with Gasteiger partial charge < -0.3 is 21.3 Å². The first-order chi connectivity index (χ1) is 19.3. The van der Waals surface area contributed by atoms with Crippen molar-refractivity contribution >= 4 is 46.4 Å². The largest absolute Gasteiger partial charge is 0.326 e. The van der Waals surface area contributed by atoms with E-state index in [-0.39, 0.29) is 36.5 Å². The Morgan fingerprint density at radius 2 is 0.750 bits per heavy atom. The maximum absolute atomic E-state index is 12.5. The number of benzene rings is 4. The smallest absolute Gasteiger partial charge is 0.255 e. The molecule has 8 nitrogen and oxygen atoms in total. The molecule has 0 aliphatic carbocycles. The van der Waals surface area contributed by atoms with Gasteiger partial charge in [0.15, 0.2) is 0 Å². The summed E-state index contributed by atoms with van der Waals surface area (Å²) < 4.78 is 0. The molecule has 0 radical (unpaired) electrons. The van der Waals surface area contributed by atoms with Crippen molar-refractivity contribution in [2.45, 2.75) is 26.7 Å². The molecule has 4 aromatic rings. The zero-order chi connectivity index (χ0) is 28.5. The lowest BCUT2D eigenvalue weighted by molar-refractivity contribution is -0.121.